The molecule has 1 saturated carbocycles. The molecule has 9 nitrogen and oxygen atoms in total. The molecule has 0 spiro atoms. The van der Waals surface area contributed by atoms with Crippen LogP contribution in [0.25, 0.3) is 0 Å². The number of carbonyl (C=O) groups is 3. The predicted molar refractivity (Wildman–Crippen MR) is 121 cm³/mol. The van der Waals surface area contributed by atoms with Gasteiger partial charge in [-0.3, -0.25) is 19.3 Å². The number of rotatable bonds is 3. The predicted octanol–water partition coefficient (Wildman–Crippen LogP) is 1.06. The summed E-state index contributed by atoms with van der Waals surface area (Å²) in [5.41, 5.74) is 1.55. The average molecular weight is 460 g/mol. The second-order valence-electron chi connectivity index (χ2n) is 9.29. The monoisotopic (exact) mass is 459 g/mol. The van der Waals surface area contributed by atoms with Crippen LogP contribution in [0.4, 0.5) is 5.69 Å². The number of fused-ring (bicyclic) bond motifs is 1. The Balaban J connectivity index is 0.000000821. The van der Waals surface area contributed by atoms with Crippen LogP contribution < -0.4 is 4.90 Å². The highest BCUT2D eigenvalue weighted by atomic mass is 16.5. The van der Waals surface area contributed by atoms with Crippen molar-refractivity contribution in [2.45, 2.75) is 37.8 Å². The molecule has 1 aliphatic carbocycles. The topological polar surface area (TPSA) is 111 Å². The van der Waals surface area contributed by atoms with Crippen LogP contribution in [0.15, 0.2) is 24.3 Å². The fraction of sp³-hybridized carbons (Fsp3) is 0.625. The lowest BCUT2D eigenvalue weighted by molar-refractivity contribution is -0.123. The molecule has 0 unspecified atom stereocenters. The molecule has 0 aromatic heterocycles. The number of amides is 2. The molecule has 9 heteroatoms. The Bertz CT molecular complexity index is 841. The summed E-state index contributed by atoms with van der Waals surface area (Å²) in [6.45, 7) is 5.24. The fourth-order valence-electron chi connectivity index (χ4n) is 5.76. The number of nitrogens with zero attached hydrogens (tertiary/aromatic N) is 3. The summed E-state index contributed by atoms with van der Waals surface area (Å²) in [6, 6.07) is 7.64. The zero-order valence-corrected chi connectivity index (χ0v) is 18.8. The Morgan fingerprint density at radius 3 is 2.27 bits per heavy atom. The van der Waals surface area contributed by atoms with Gasteiger partial charge in [-0.05, 0) is 55.4 Å². The van der Waals surface area contributed by atoms with Crippen molar-refractivity contribution in [3.63, 3.8) is 0 Å². The molecule has 3 saturated heterocycles. The summed E-state index contributed by atoms with van der Waals surface area (Å²) in [4.78, 5) is 39.5. The lowest BCUT2D eigenvalue weighted by Gasteiger charge is -2.43. The largest absolute Gasteiger partial charge is 0.483 e. The van der Waals surface area contributed by atoms with E-state index in [1.54, 1.807) is 4.90 Å². The molecule has 0 radical (unpaired) electrons. The zero-order chi connectivity index (χ0) is 23.4. The number of hydrogen-bond donors (Lipinski definition) is 2. The molecule has 0 bridgehead atoms. The van der Waals surface area contributed by atoms with Crippen molar-refractivity contribution in [3.8, 4) is 0 Å². The highest BCUT2D eigenvalue weighted by Crippen LogP contribution is 2.39. The van der Waals surface area contributed by atoms with Crippen LogP contribution >= 0.6 is 0 Å². The number of anilines is 1. The number of carbonyl (C=O) groups excluding carboxylic acids is 2. The standard InChI is InChI=1S/C23H31N3O4.CH2O2/c27-21-13-18-15-25(14-17(18)12-20(21)24-8-10-30-11-9-24)23(29)16-3-5-19(6-4-16)26-7-1-2-22(26)28;2-1-3/h3-6,17-18,20-21,27H,1-2,7-15H2;1H,(H,2,3)/t17-,18+,20-,21-;/m1./s1. The lowest BCUT2D eigenvalue weighted by atomic mass is 9.77. The number of carboxylic acid groups (broad SMARTS) is 1. The van der Waals surface area contributed by atoms with Crippen molar-refractivity contribution in [2.24, 2.45) is 11.8 Å². The summed E-state index contributed by atoms with van der Waals surface area (Å²) in [7, 11) is 0. The normalized spacial score (nSPS) is 29.9. The van der Waals surface area contributed by atoms with Crippen LogP contribution in [0.5, 0.6) is 0 Å². The molecule has 4 aliphatic rings. The SMILES string of the molecule is O=C(c1ccc(N2CCCC2=O)cc1)N1C[C@H]2C[C@@H](N3CCOCC3)[C@H](O)C[C@H]2C1.O=CO. The van der Waals surface area contributed by atoms with E-state index < -0.39 is 0 Å². The number of likely N-dealkylation sites (tertiary alicyclic amines) is 1. The van der Waals surface area contributed by atoms with Crippen LogP contribution in [0, 0.1) is 11.8 Å². The molecule has 4 fully saturated rings. The molecule has 33 heavy (non-hydrogen) atoms. The Hall–Kier alpha value is -2.49. The molecule has 2 amide bonds. The van der Waals surface area contributed by atoms with Crippen molar-refractivity contribution in [1.29, 1.82) is 0 Å². The molecule has 2 N–H and O–H groups in total. The van der Waals surface area contributed by atoms with Gasteiger partial charge in [-0.1, -0.05) is 0 Å². The van der Waals surface area contributed by atoms with Crippen molar-refractivity contribution in [3.05, 3.63) is 29.8 Å². The van der Waals surface area contributed by atoms with E-state index in [0.29, 0.717) is 23.8 Å². The third-order valence-electron chi connectivity index (χ3n) is 7.41. The Kier molecular flexibility index (Phi) is 7.62. The van der Waals surface area contributed by atoms with Crippen molar-refractivity contribution < 1.29 is 29.3 Å². The van der Waals surface area contributed by atoms with Gasteiger partial charge in [0.25, 0.3) is 12.4 Å². The summed E-state index contributed by atoms with van der Waals surface area (Å²) >= 11 is 0. The van der Waals surface area contributed by atoms with Gasteiger partial charge in [-0.2, -0.15) is 0 Å². The van der Waals surface area contributed by atoms with Crippen molar-refractivity contribution in [1.82, 2.24) is 9.80 Å². The molecule has 3 aliphatic heterocycles. The van der Waals surface area contributed by atoms with Crippen LogP contribution in [-0.4, -0.2) is 96.4 Å². The number of aliphatic hydroxyl groups is 1. The maximum atomic E-state index is 13.1. The first-order valence-electron chi connectivity index (χ1n) is 11.8. The molecule has 4 atom stereocenters. The summed E-state index contributed by atoms with van der Waals surface area (Å²) in [5.74, 6) is 1.04. The Morgan fingerprint density at radius 1 is 1.03 bits per heavy atom. The van der Waals surface area contributed by atoms with Gasteiger partial charge < -0.3 is 24.7 Å². The van der Waals surface area contributed by atoms with Gasteiger partial charge in [0.1, 0.15) is 0 Å². The van der Waals surface area contributed by atoms with Gasteiger partial charge >= 0.3 is 0 Å². The zero-order valence-electron chi connectivity index (χ0n) is 18.8. The van der Waals surface area contributed by atoms with E-state index in [1.165, 1.54) is 0 Å². The molecule has 5 rings (SSSR count). The first-order chi connectivity index (χ1) is 16.0. The van der Waals surface area contributed by atoms with E-state index in [1.807, 2.05) is 29.2 Å². The van der Waals surface area contributed by atoms with E-state index in [9.17, 15) is 14.7 Å². The minimum Gasteiger partial charge on any atom is -0.483 e. The molecule has 180 valence electrons. The van der Waals surface area contributed by atoms with E-state index >= 15 is 0 Å². The molecule has 1 aromatic carbocycles. The van der Waals surface area contributed by atoms with E-state index in [-0.39, 0.29) is 30.4 Å². The minimum atomic E-state index is -0.323. The van der Waals surface area contributed by atoms with Crippen LogP contribution in [0.3, 0.4) is 0 Å². The van der Waals surface area contributed by atoms with Crippen LogP contribution in [-0.2, 0) is 14.3 Å². The van der Waals surface area contributed by atoms with Gasteiger partial charge in [-0.25, -0.2) is 0 Å². The fourth-order valence-corrected chi connectivity index (χ4v) is 5.76. The minimum absolute atomic E-state index is 0.0566. The van der Waals surface area contributed by atoms with Crippen molar-refractivity contribution >= 4 is 24.0 Å². The maximum Gasteiger partial charge on any atom is 0.290 e. The third-order valence-corrected chi connectivity index (χ3v) is 7.41. The molecule has 3 heterocycles. The number of ether oxygens (including phenoxy) is 1. The molecule has 1 aromatic rings. The van der Waals surface area contributed by atoms with Gasteiger partial charge in [0, 0.05) is 56.4 Å². The van der Waals surface area contributed by atoms with E-state index in [4.69, 9.17) is 14.6 Å². The summed E-state index contributed by atoms with van der Waals surface area (Å²) < 4.78 is 5.46. The Labute approximate surface area is 193 Å². The highest BCUT2D eigenvalue weighted by molar-refractivity contribution is 5.97. The van der Waals surface area contributed by atoms with Gasteiger partial charge in [0.15, 0.2) is 0 Å². The summed E-state index contributed by atoms with van der Waals surface area (Å²) in [5, 5.41) is 17.6. The third kappa shape index (κ3) is 5.20. The van der Waals surface area contributed by atoms with Crippen LogP contribution in [0.1, 0.15) is 36.0 Å². The number of aliphatic hydroxyl groups excluding tert-OH is 1. The Morgan fingerprint density at radius 2 is 1.67 bits per heavy atom. The molecular weight excluding hydrogens is 426 g/mol. The second kappa shape index (κ2) is 10.6. The average Bonchev–Trinajstić information content (AvgIpc) is 3.45. The first kappa shape index (κ1) is 23.7. The van der Waals surface area contributed by atoms with Crippen molar-refractivity contribution in [2.75, 3.05) is 50.8 Å². The number of benzene rings is 1. The van der Waals surface area contributed by atoms with Gasteiger partial charge in [-0.15, -0.1) is 0 Å². The molecular formula is C24H33N3O6. The maximum absolute atomic E-state index is 13.1. The van der Waals surface area contributed by atoms with Crippen LogP contribution in [0.2, 0.25) is 0 Å². The number of morpholine rings is 1. The smallest absolute Gasteiger partial charge is 0.290 e. The second-order valence-corrected chi connectivity index (χ2v) is 9.29. The lowest BCUT2D eigenvalue weighted by Crippen LogP contribution is -2.53. The quantitative estimate of drug-likeness (QED) is 0.650. The van der Waals surface area contributed by atoms with Gasteiger partial charge in [0.05, 0.1) is 19.3 Å². The van der Waals surface area contributed by atoms with Gasteiger partial charge in [0.2, 0.25) is 5.91 Å². The highest BCUT2D eigenvalue weighted by Gasteiger charge is 2.44. The number of hydrogen-bond acceptors (Lipinski definition) is 6. The first-order valence-corrected chi connectivity index (χ1v) is 11.8. The van der Waals surface area contributed by atoms with E-state index in [2.05, 4.69) is 4.90 Å². The van der Waals surface area contributed by atoms with E-state index in [0.717, 1.165) is 70.9 Å². The summed E-state index contributed by atoms with van der Waals surface area (Å²) in [6.07, 6.45) is 2.90.